The van der Waals surface area contributed by atoms with E-state index >= 15 is 0 Å². The zero-order valence-corrected chi connectivity index (χ0v) is 11.3. The molecule has 0 heterocycles. The molecule has 106 valence electrons. The van der Waals surface area contributed by atoms with Gasteiger partial charge in [0.15, 0.2) is 0 Å². The number of anilines is 2. The summed E-state index contributed by atoms with van der Waals surface area (Å²) >= 11 is 0. The van der Waals surface area contributed by atoms with Crippen LogP contribution in [0.25, 0.3) is 0 Å². The van der Waals surface area contributed by atoms with Gasteiger partial charge in [-0.25, -0.2) is 17.2 Å². The molecule has 3 N–H and O–H groups in total. The third-order valence-corrected chi connectivity index (χ3v) is 4.07. The van der Waals surface area contributed by atoms with Crippen LogP contribution in [0.15, 0.2) is 41.3 Å². The molecule has 0 atom stereocenters. The summed E-state index contributed by atoms with van der Waals surface area (Å²) < 4.78 is 53.1. The zero-order valence-electron chi connectivity index (χ0n) is 10.5. The monoisotopic (exact) mass is 298 g/mol. The van der Waals surface area contributed by atoms with E-state index in [0.717, 1.165) is 18.2 Å². The number of aryl methyl sites for hydroxylation is 1. The van der Waals surface area contributed by atoms with Crippen molar-refractivity contribution in [1.29, 1.82) is 0 Å². The lowest BCUT2D eigenvalue weighted by atomic mass is 10.2. The smallest absolute Gasteiger partial charge is 0.264 e. The maximum absolute atomic E-state index is 13.6. The van der Waals surface area contributed by atoms with Gasteiger partial charge in [-0.3, -0.25) is 4.72 Å². The summed E-state index contributed by atoms with van der Waals surface area (Å²) in [5, 5.41) is 0. The number of nitrogens with one attached hydrogen (secondary N) is 1. The molecule has 0 bridgehead atoms. The molecule has 0 aliphatic carbocycles. The Labute approximate surface area is 115 Å². The van der Waals surface area contributed by atoms with E-state index in [4.69, 9.17) is 5.73 Å². The molecule has 0 fully saturated rings. The number of hydrogen-bond acceptors (Lipinski definition) is 3. The molecule has 2 rings (SSSR count). The lowest BCUT2D eigenvalue weighted by molar-refractivity contribution is 0.570. The average Bonchev–Trinajstić information content (AvgIpc) is 2.36. The molecular weight excluding hydrogens is 286 g/mol. The van der Waals surface area contributed by atoms with E-state index in [-0.39, 0.29) is 11.4 Å². The second kappa shape index (κ2) is 5.09. The van der Waals surface area contributed by atoms with Crippen LogP contribution in [0, 0.1) is 18.6 Å². The third-order valence-electron chi connectivity index (χ3n) is 2.67. The van der Waals surface area contributed by atoms with Gasteiger partial charge < -0.3 is 5.73 Å². The summed E-state index contributed by atoms with van der Waals surface area (Å²) in [7, 11) is -4.17. The van der Waals surface area contributed by atoms with Gasteiger partial charge >= 0.3 is 0 Å². The number of halogens is 2. The molecule has 0 saturated carbocycles. The van der Waals surface area contributed by atoms with Crippen LogP contribution in [0.1, 0.15) is 5.56 Å². The largest absolute Gasteiger partial charge is 0.399 e. The topological polar surface area (TPSA) is 72.2 Å². The number of sulfonamides is 1. The predicted molar refractivity (Wildman–Crippen MR) is 72.8 cm³/mol. The average molecular weight is 298 g/mol. The Balaban J connectivity index is 2.40. The number of nitrogens with two attached hydrogens (primary N) is 1. The van der Waals surface area contributed by atoms with E-state index in [9.17, 15) is 17.2 Å². The van der Waals surface area contributed by atoms with Crippen molar-refractivity contribution in [1.82, 2.24) is 0 Å². The van der Waals surface area contributed by atoms with Crippen LogP contribution in [0.3, 0.4) is 0 Å². The second-order valence-corrected chi connectivity index (χ2v) is 5.91. The SMILES string of the molecule is Cc1ccc(NS(=O)(=O)c2cc(N)ccc2F)cc1F. The summed E-state index contributed by atoms with van der Waals surface area (Å²) in [5.74, 6) is -1.49. The van der Waals surface area contributed by atoms with Crippen molar-refractivity contribution in [2.24, 2.45) is 0 Å². The van der Waals surface area contributed by atoms with Gasteiger partial charge in [-0.05, 0) is 42.8 Å². The van der Waals surface area contributed by atoms with Crippen LogP contribution in [0.2, 0.25) is 0 Å². The fourth-order valence-electron chi connectivity index (χ4n) is 1.59. The van der Waals surface area contributed by atoms with Gasteiger partial charge in [0.25, 0.3) is 10.0 Å². The summed E-state index contributed by atoms with van der Waals surface area (Å²) in [6, 6.07) is 7.04. The highest BCUT2D eigenvalue weighted by molar-refractivity contribution is 7.92. The van der Waals surface area contributed by atoms with E-state index in [1.165, 1.54) is 18.2 Å². The third kappa shape index (κ3) is 2.88. The predicted octanol–water partition coefficient (Wildman–Crippen LogP) is 2.66. The van der Waals surface area contributed by atoms with Crippen LogP contribution in [-0.2, 0) is 10.0 Å². The molecule has 7 heteroatoms. The van der Waals surface area contributed by atoms with E-state index in [0.29, 0.717) is 5.56 Å². The van der Waals surface area contributed by atoms with Gasteiger partial charge in [-0.1, -0.05) is 6.07 Å². The lowest BCUT2D eigenvalue weighted by Crippen LogP contribution is -2.15. The lowest BCUT2D eigenvalue weighted by Gasteiger charge is -2.10. The van der Waals surface area contributed by atoms with E-state index in [1.54, 1.807) is 6.92 Å². The van der Waals surface area contributed by atoms with E-state index in [1.807, 2.05) is 0 Å². The van der Waals surface area contributed by atoms with Crippen molar-refractivity contribution in [3.05, 3.63) is 53.6 Å². The number of nitrogen functional groups attached to an aromatic ring is 1. The molecule has 0 aliphatic rings. The summed E-state index contributed by atoms with van der Waals surface area (Å²) in [5.41, 5.74) is 5.94. The van der Waals surface area contributed by atoms with E-state index < -0.39 is 26.6 Å². The van der Waals surface area contributed by atoms with Gasteiger partial charge in [0.1, 0.15) is 16.5 Å². The Morgan fingerprint density at radius 1 is 1.05 bits per heavy atom. The van der Waals surface area contributed by atoms with Crippen LogP contribution >= 0.6 is 0 Å². The van der Waals surface area contributed by atoms with Gasteiger partial charge in [-0.15, -0.1) is 0 Å². The van der Waals surface area contributed by atoms with Crippen molar-refractivity contribution in [3.63, 3.8) is 0 Å². The van der Waals surface area contributed by atoms with Crippen LogP contribution < -0.4 is 10.5 Å². The first-order valence-electron chi connectivity index (χ1n) is 5.63. The minimum absolute atomic E-state index is 0.00919. The van der Waals surface area contributed by atoms with Crippen LogP contribution in [0.4, 0.5) is 20.2 Å². The number of hydrogen-bond donors (Lipinski definition) is 2. The Morgan fingerprint density at radius 2 is 1.75 bits per heavy atom. The van der Waals surface area contributed by atoms with Gasteiger partial charge in [0.2, 0.25) is 0 Å². The van der Waals surface area contributed by atoms with Crippen molar-refractivity contribution in [2.75, 3.05) is 10.5 Å². The van der Waals surface area contributed by atoms with Gasteiger partial charge in [0.05, 0.1) is 5.69 Å². The van der Waals surface area contributed by atoms with E-state index in [2.05, 4.69) is 4.72 Å². The highest BCUT2D eigenvalue weighted by atomic mass is 32.2. The molecule has 0 amide bonds. The fraction of sp³-hybridized carbons (Fsp3) is 0.0769. The quantitative estimate of drug-likeness (QED) is 0.856. The molecule has 0 radical (unpaired) electrons. The first kappa shape index (κ1) is 14.3. The molecule has 4 nitrogen and oxygen atoms in total. The van der Waals surface area contributed by atoms with Crippen molar-refractivity contribution in [3.8, 4) is 0 Å². The molecule has 0 saturated heterocycles. The van der Waals surface area contributed by atoms with Crippen molar-refractivity contribution in [2.45, 2.75) is 11.8 Å². The number of benzene rings is 2. The van der Waals surface area contributed by atoms with Crippen LogP contribution in [0.5, 0.6) is 0 Å². The standard InChI is InChI=1S/C13H12F2N2O2S/c1-8-2-4-10(7-12(8)15)17-20(18,19)13-6-9(16)3-5-11(13)14/h2-7,17H,16H2,1H3. The van der Waals surface area contributed by atoms with Gasteiger partial charge in [0, 0.05) is 5.69 Å². The Hall–Kier alpha value is -2.15. The number of rotatable bonds is 3. The Bertz CT molecular complexity index is 761. The van der Waals surface area contributed by atoms with Crippen molar-refractivity contribution < 1.29 is 17.2 Å². The van der Waals surface area contributed by atoms with Crippen molar-refractivity contribution >= 4 is 21.4 Å². The zero-order chi connectivity index (χ0) is 14.9. The minimum Gasteiger partial charge on any atom is -0.399 e. The second-order valence-electron chi connectivity index (χ2n) is 4.26. The Kier molecular flexibility index (Phi) is 3.63. The molecule has 0 aliphatic heterocycles. The first-order chi connectivity index (χ1) is 9.29. The fourth-order valence-corrected chi connectivity index (χ4v) is 2.76. The van der Waals surface area contributed by atoms with Gasteiger partial charge in [-0.2, -0.15) is 0 Å². The molecule has 20 heavy (non-hydrogen) atoms. The highest BCUT2D eigenvalue weighted by Crippen LogP contribution is 2.22. The molecule has 0 aromatic heterocycles. The van der Waals surface area contributed by atoms with Crippen LogP contribution in [-0.4, -0.2) is 8.42 Å². The summed E-state index contributed by atoms with van der Waals surface area (Å²) in [4.78, 5) is -0.585. The molecule has 0 unspecified atom stereocenters. The molecule has 2 aromatic carbocycles. The summed E-state index contributed by atoms with van der Waals surface area (Å²) in [6.07, 6.45) is 0. The maximum atomic E-state index is 13.6. The Morgan fingerprint density at radius 3 is 2.40 bits per heavy atom. The molecule has 0 spiro atoms. The summed E-state index contributed by atoms with van der Waals surface area (Å²) in [6.45, 7) is 1.55. The maximum Gasteiger partial charge on any atom is 0.264 e. The molecule has 2 aromatic rings. The minimum atomic E-state index is -4.17. The first-order valence-corrected chi connectivity index (χ1v) is 7.12. The normalized spacial score (nSPS) is 11.3. The molecular formula is C13H12F2N2O2S. The highest BCUT2D eigenvalue weighted by Gasteiger charge is 2.19.